The minimum Gasteiger partial charge on any atom is -0.491 e. The zero-order valence-corrected chi connectivity index (χ0v) is 13.4. The van der Waals surface area contributed by atoms with Gasteiger partial charge in [0.25, 0.3) is 0 Å². The number of nitrogens with one attached hydrogen (secondary N) is 1. The molecule has 1 heterocycles. The summed E-state index contributed by atoms with van der Waals surface area (Å²) in [6.45, 7) is 7.93. The molecule has 0 amide bonds. The smallest absolute Gasteiger partial charge is 0.142 e. The molecule has 0 aliphatic rings. The van der Waals surface area contributed by atoms with E-state index in [2.05, 4.69) is 43.4 Å². The highest BCUT2D eigenvalue weighted by molar-refractivity contribution is 5.56. The van der Waals surface area contributed by atoms with Crippen LogP contribution in [0, 0.1) is 5.92 Å². The first kappa shape index (κ1) is 15.4. The first-order chi connectivity index (χ1) is 10.1. The van der Waals surface area contributed by atoms with Gasteiger partial charge in [0.15, 0.2) is 0 Å². The highest BCUT2D eigenvalue weighted by Gasteiger charge is 2.08. The second-order valence-electron chi connectivity index (χ2n) is 5.68. The molecule has 2 rings (SSSR count). The molecule has 1 N–H and O–H groups in total. The number of hydrogen-bond acceptors (Lipinski definition) is 3. The fourth-order valence-electron chi connectivity index (χ4n) is 2.21. The molecular weight excluding hydrogens is 262 g/mol. The summed E-state index contributed by atoms with van der Waals surface area (Å²) in [5, 5.41) is 7.93. The topological polar surface area (TPSA) is 39.1 Å². The number of aromatic nitrogens is 2. The molecule has 0 spiro atoms. The number of nitrogens with zero attached hydrogens (tertiary/aromatic N) is 2. The first-order valence-corrected chi connectivity index (χ1v) is 7.57. The van der Waals surface area contributed by atoms with Gasteiger partial charge in [-0.05, 0) is 24.5 Å². The molecule has 4 heteroatoms. The van der Waals surface area contributed by atoms with E-state index in [9.17, 15) is 0 Å². The van der Waals surface area contributed by atoms with Crippen molar-refractivity contribution in [3.05, 3.63) is 41.7 Å². The maximum absolute atomic E-state index is 5.87. The maximum atomic E-state index is 5.87. The number of anilines is 1. The van der Waals surface area contributed by atoms with E-state index in [1.54, 1.807) is 0 Å². The number of hydrogen-bond donors (Lipinski definition) is 1. The van der Waals surface area contributed by atoms with Crippen molar-refractivity contribution in [1.82, 2.24) is 9.78 Å². The van der Waals surface area contributed by atoms with Crippen LogP contribution in [0.2, 0.25) is 0 Å². The maximum Gasteiger partial charge on any atom is 0.142 e. The van der Waals surface area contributed by atoms with E-state index in [0.717, 1.165) is 36.7 Å². The van der Waals surface area contributed by atoms with Gasteiger partial charge in [0.1, 0.15) is 5.75 Å². The van der Waals surface area contributed by atoms with Gasteiger partial charge in [0, 0.05) is 25.4 Å². The van der Waals surface area contributed by atoms with E-state index in [-0.39, 0.29) is 0 Å². The Morgan fingerprint density at radius 3 is 2.76 bits per heavy atom. The molecule has 0 fully saturated rings. The normalized spacial score (nSPS) is 10.9. The molecule has 1 aromatic carbocycles. The largest absolute Gasteiger partial charge is 0.491 e. The van der Waals surface area contributed by atoms with Crippen molar-refractivity contribution < 1.29 is 4.74 Å². The number of aryl methyl sites for hydroxylation is 2. The summed E-state index contributed by atoms with van der Waals surface area (Å²) < 4.78 is 7.74. The third-order valence-electron chi connectivity index (χ3n) is 3.26. The van der Waals surface area contributed by atoms with Gasteiger partial charge >= 0.3 is 0 Å². The molecular formula is C17H25N3O. The van der Waals surface area contributed by atoms with Crippen molar-refractivity contribution in [2.75, 3.05) is 11.9 Å². The average Bonchev–Trinajstić information content (AvgIpc) is 2.83. The number of ether oxygens (including phenoxy) is 1. The quantitative estimate of drug-likeness (QED) is 0.845. The Balaban J connectivity index is 2.05. The Morgan fingerprint density at radius 2 is 2.05 bits per heavy atom. The SMILES string of the molecule is CCc1nn(C)cc1CNc1ccccc1OCC(C)C. The minimum atomic E-state index is 0.517. The Hall–Kier alpha value is -1.97. The van der Waals surface area contributed by atoms with Crippen molar-refractivity contribution in [3.8, 4) is 5.75 Å². The Bertz CT molecular complexity index is 575. The van der Waals surface area contributed by atoms with Crippen LogP contribution in [-0.2, 0) is 20.0 Å². The lowest BCUT2D eigenvalue weighted by atomic mass is 10.2. The van der Waals surface area contributed by atoms with Crippen LogP contribution >= 0.6 is 0 Å². The van der Waals surface area contributed by atoms with Crippen LogP contribution in [0.4, 0.5) is 5.69 Å². The van der Waals surface area contributed by atoms with Crippen LogP contribution in [0.25, 0.3) is 0 Å². The van der Waals surface area contributed by atoms with Gasteiger partial charge in [-0.1, -0.05) is 32.9 Å². The van der Waals surface area contributed by atoms with Gasteiger partial charge in [-0.2, -0.15) is 5.10 Å². The van der Waals surface area contributed by atoms with E-state index in [0.29, 0.717) is 5.92 Å². The lowest BCUT2D eigenvalue weighted by Crippen LogP contribution is -2.07. The van der Waals surface area contributed by atoms with Gasteiger partial charge in [0.05, 0.1) is 18.0 Å². The molecule has 0 unspecified atom stereocenters. The predicted octanol–water partition coefficient (Wildman–Crippen LogP) is 3.63. The molecule has 21 heavy (non-hydrogen) atoms. The van der Waals surface area contributed by atoms with Crippen molar-refractivity contribution >= 4 is 5.69 Å². The predicted molar refractivity (Wildman–Crippen MR) is 86.7 cm³/mol. The fourth-order valence-corrected chi connectivity index (χ4v) is 2.21. The molecule has 0 radical (unpaired) electrons. The average molecular weight is 287 g/mol. The van der Waals surface area contributed by atoms with Crippen LogP contribution in [-0.4, -0.2) is 16.4 Å². The van der Waals surface area contributed by atoms with Crippen LogP contribution in [0.15, 0.2) is 30.5 Å². The third-order valence-corrected chi connectivity index (χ3v) is 3.26. The number of para-hydroxylation sites is 2. The van der Waals surface area contributed by atoms with Gasteiger partial charge in [-0.15, -0.1) is 0 Å². The summed E-state index contributed by atoms with van der Waals surface area (Å²) in [4.78, 5) is 0. The zero-order valence-electron chi connectivity index (χ0n) is 13.4. The molecule has 114 valence electrons. The van der Waals surface area contributed by atoms with Crippen LogP contribution in [0.5, 0.6) is 5.75 Å². The molecule has 0 saturated carbocycles. The zero-order chi connectivity index (χ0) is 15.2. The van der Waals surface area contributed by atoms with Gasteiger partial charge in [-0.25, -0.2) is 0 Å². The van der Waals surface area contributed by atoms with E-state index in [4.69, 9.17) is 4.74 Å². The lowest BCUT2D eigenvalue weighted by Gasteiger charge is -2.14. The first-order valence-electron chi connectivity index (χ1n) is 7.57. The van der Waals surface area contributed by atoms with Gasteiger partial charge < -0.3 is 10.1 Å². The molecule has 0 saturated heterocycles. The molecule has 0 aliphatic carbocycles. The van der Waals surface area contributed by atoms with Gasteiger partial charge in [-0.3, -0.25) is 4.68 Å². The highest BCUT2D eigenvalue weighted by Crippen LogP contribution is 2.25. The number of rotatable bonds is 7. The summed E-state index contributed by atoms with van der Waals surface area (Å²) >= 11 is 0. The van der Waals surface area contributed by atoms with Crippen LogP contribution in [0.3, 0.4) is 0 Å². The monoisotopic (exact) mass is 287 g/mol. The van der Waals surface area contributed by atoms with E-state index < -0.39 is 0 Å². The molecule has 0 aliphatic heterocycles. The summed E-state index contributed by atoms with van der Waals surface area (Å²) in [7, 11) is 1.96. The van der Waals surface area contributed by atoms with E-state index in [1.807, 2.05) is 29.9 Å². The standard InChI is InChI=1S/C17H25N3O/c1-5-15-14(11-20(4)19-15)10-18-16-8-6-7-9-17(16)21-12-13(2)3/h6-9,11,13,18H,5,10,12H2,1-4H3. The van der Waals surface area contributed by atoms with E-state index >= 15 is 0 Å². The number of benzene rings is 1. The molecule has 1 aromatic heterocycles. The molecule has 4 nitrogen and oxygen atoms in total. The van der Waals surface area contributed by atoms with Crippen molar-refractivity contribution in [3.63, 3.8) is 0 Å². The lowest BCUT2D eigenvalue weighted by molar-refractivity contribution is 0.272. The Kier molecular flexibility index (Phi) is 5.26. The molecule has 2 aromatic rings. The Morgan fingerprint density at radius 1 is 1.29 bits per heavy atom. The summed E-state index contributed by atoms with van der Waals surface area (Å²) in [6.07, 6.45) is 3.02. The van der Waals surface area contributed by atoms with Crippen molar-refractivity contribution in [2.24, 2.45) is 13.0 Å². The molecule has 0 bridgehead atoms. The fraction of sp³-hybridized carbons (Fsp3) is 0.471. The van der Waals surface area contributed by atoms with Crippen molar-refractivity contribution in [2.45, 2.75) is 33.7 Å². The van der Waals surface area contributed by atoms with E-state index in [1.165, 1.54) is 5.56 Å². The van der Waals surface area contributed by atoms with Crippen molar-refractivity contribution in [1.29, 1.82) is 0 Å². The second kappa shape index (κ2) is 7.16. The van der Waals surface area contributed by atoms with Crippen LogP contribution in [0.1, 0.15) is 32.0 Å². The highest BCUT2D eigenvalue weighted by atomic mass is 16.5. The Labute approximate surface area is 127 Å². The summed E-state index contributed by atoms with van der Waals surface area (Å²) in [5.74, 6) is 1.43. The van der Waals surface area contributed by atoms with Crippen LogP contribution < -0.4 is 10.1 Å². The molecule has 0 atom stereocenters. The summed E-state index contributed by atoms with van der Waals surface area (Å²) in [5.41, 5.74) is 3.41. The second-order valence-corrected chi connectivity index (χ2v) is 5.68. The minimum absolute atomic E-state index is 0.517. The van der Waals surface area contributed by atoms with Gasteiger partial charge in [0.2, 0.25) is 0 Å². The third kappa shape index (κ3) is 4.25. The summed E-state index contributed by atoms with van der Waals surface area (Å²) in [6, 6.07) is 8.09.